The van der Waals surface area contributed by atoms with Crippen molar-refractivity contribution in [2.45, 2.75) is 46.7 Å². The lowest BCUT2D eigenvalue weighted by molar-refractivity contribution is -0.120. The van der Waals surface area contributed by atoms with Gasteiger partial charge in [-0.05, 0) is 11.8 Å². The predicted octanol–water partition coefficient (Wildman–Crippen LogP) is 1.13. The van der Waals surface area contributed by atoms with E-state index in [-0.39, 0.29) is 11.2 Å². The molecule has 0 aliphatic carbocycles. The van der Waals surface area contributed by atoms with Crippen molar-refractivity contribution in [1.82, 2.24) is 15.0 Å². The highest BCUT2D eigenvalue weighted by molar-refractivity contribution is 5.78. The summed E-state index contributed by atoms with van der Waals surface area (Å²) in [6, 6.07) is 0. The maximum absolute atomic E-state index is 11.6. The number of rotatable bonds is 5. The molecule has 2 N–H and O–H groups in total. The minimum atomic E-state index is 0.184. The highest BCUT2D eigenvalue weighted by atomic mass is 16.1. The van der Waals surface area contributed by atoms with Crippen molar-refractivity contribution in [3.05, 3.63) is 11.9 Å². The SMILES string of the molecule is CC(C)(C)CCC(=O)Cn1cc(CN)nn1. The van der Waals surface area contributed by atoms with Crippen molar-refractivity contribution in [2.75, 3.05) is 0 Å². The fraction of sp³-hybridized carbons (Fsp3) is 0.727. The largest absolute Gasteiger partial charge is 0.325 e. The van der Waals surface area contributed by atoms with E-state index in [1.165, 1.54) is 0 Å². The Morgan fingerprint density at radius 2 is 2.19 bits per heavy atom. The zero-order valence-corrected chi connectivity index (χ0v) is 10.2. The van der Waals surface area contributed by atoms with E-state index in [2.05, 4.69) is 31.1 Å². The second-order valence-corrected chi connectivity index (χ2v) is 5.21. The Morgan fingerprint density at radius 3 is 2.69 bits per heavy atom. The molecule has 0 bridgehead atoms. The number of carbonyl (C=O) groups is 1. The summed E-state index contributed by atoms with van der Waals surface area (Å²) in [6.07, 6.45) is 3.20. The van der Waals surface area contributed by atoms with Crippen molar-refractivity contribution < 1.29 is 4.79 Å². The van der Waals surface area contributed by atoms with Crippen LogP contribution in [0.2, 0.25) is 0 Å². The molecule has 16 heavy (non-hydrogen) atoms. The number of hydrogen-bond acceptors (Lipinski definition) is 4. The molecule has 1 aromatic heterocycles. The minimum absolute atomic E-state index is 0.184. The van der Waals surface area contributed by atoms with Crippen LogP contribution in [-0.2, 0) is 17.9 Å². The van der Waals surface area contributed by atoms with E-state index in [1.54, 1.807) is 10.9 Å². The topological polar surface area (TPSA) is 73.8 Å². The summed E-state index contributed by atoms with van der Waals surface area (Å²) >= 11 is 0. The first-order valence-corrected chi connectivity index (χ1v) is 5.51. The van der Waals surface area contributed by atoms with Crippen LogP contribution in [0.3, 0.4) is 0 Å². The molecule has 0 fully saturated rings. The summed E-state index contributed by atoms with van der Waals surface area (Å²) in [5, 5.41) is 7.67. The summed E-state index contributed by atoms with van der Waals surface area (Å²) < 4.78 is 1.55. The van der Waals surface area contributed by atoms with Gasteiger partial charge in [0, 0.05) is 13.0 Å². The molecular formula is C11H20N4O. The Labute approximate surface area is 96.0 Å². The van der Waals surface area contributed by atoms with Gasteiger partial charge in [-0.3, -0.25) is 4.79 Å². The molecule has 0 saturated carbocycles. The lowest BCUT2D eigenvalue weighted by Crippen LogP contribution is -2.14. The fourth-order valence-corrected chi connectivity index (χ4v) is 1.28. The van der Waals surface area contributed by atoms with Crippen molar-refractivity contribution in [1.29, 1.82) is 0 Å². The lowest BCUT2D eigenvalue weighted by Gasteiger charge is -2.16. The van der Waals surface area contributed by atoms with Gasteiger partial charge in [0.1, 0.15) is 6.54 Å². The van der Waals surface area contributed by atoms with Gasteiger partial charge >= 0.3 is 0 Å². The smallest absolute Gasteiger partial charge is 0.154 e. The Bertz CT molecular complexity index is 351. The van der Waals surface area contributed by atoms with Crippen LogP contribution in [0.1, 0.15) is 39.3 Å². The standard InChI is InChI=1S/C11H20N4O/c1-11(2,3)5-4-10(16)8-15-7-9(6-12)13-14-15/h7H,4-6,8,12H2,1-3H3. The summed E-state index contributed by atoms with van der Waals surface area (Å²) in [5.74, 6) is 0.184. The van der Waals surface area contributed by atoms with Gasteiger partial charge in [-0.2, -0.15) is 0 Å². The number of nitrogens with two attached hydrogens (primary N) is 1. The monoisotopic (exact) mass is 224 g/mol. The lowest BCUT2D eigenvalue weighted by atomic mass is 9.89. The van der Waals surface area contributed by atoms with Gasteiger partial charge in [-0.1, -0.05) is 26.0 Å². The van der Waals surface area contributed by atoms with Crippen LogP contribution >= 0.6 is 0 Å². The maximum atomic E-state index is 11.6. The van der Waals surface area contributed by atoms with Crippen molar-refractivity contribution >= 4 is 5.78 Å². The molecule has 1 rings (SSSR count). The molecule has 0 atom stereocenters. The summed E-state index contributed by atoms with van der Waals surface area (Å²) in [6.45, 7) is 7.03. The van der Waals surface area contributed by atoms with E-state index in [9.17, 15) is 4.79 Å². The molecule has 0 aliphatic rings. The number of Topliss-reactive ketones (excluding diaryl/α,β-unsaturated/α-hetero) is 1. The second kappa shape index (κ2) is 5.21. The summed E-state index contributed by atoms with van der Waals surface area (Å²) in [7, 11) is 0. The predicted molar refractivity (Wildman–Crippen MR) is 61.6 cm³/mol. The second-order valence-electron chi connectivity index (χ2n) is 5.21. The first-order chi connectivity index (χ1) is 7.40. The number of hydrogen-bond donors (Lipinski definition) is 1. The fourth-order valence-electron chi connectivity index (χ4n) is 1.28. The van der Waals surface area contributed by atoms with Crippen LogP contribution in [0.5, 0.6) is 0 Å². The van der Waals surface area contributed by atoms with Crippen molar-refractivity contribution in [3.8, 4) is 0 Å². The van der Waals surface area contributed by atoms with Crippen LogP contribution in [0.4, 0.5) is 0 Å². The van der Waals surface area contributed by atoms with Crippen LogP contribution in [0.25, 0.3) is 0 Å². The minimum Gasteiger partial charge on any atom is -0.325 e. The summed E-state index contributed by atoms with van der Waals surface area (Å²) in [5.41, 5.74) is 6.32. The van der Waals surface area contributed by atoms with Gasteiger partial charge in [-0.15, -0.1) is 5.10 Å². The van der Waals surface area contributed by atoms with Gasteiger partial charge in [0.2, 0.25) is 0 Å². The van der Waals surface area contributed by atoms with E-state index < -0.39 is 0 Å². The Morgan fingerprint density at radius 1 is 1.50 bits per heavy atom. The van der Waals surface area contributed by atoms with Gasteiger partial charge in [0.05, 0.1) is 11.9 Å². The zero-order valence-electron chi connectivity index (χ0n) is 10.2. The molecule has 1 heterocycles. The molecule has 0 aliphatic heterocycles. The molecule has 0 saturated heterocycles. The van der Waals surface area contributed by atoms with Crippen LogP contribution in [0.15, 0.2) is 6.20 Å². The molecule has 90 valence electrons. The van der Waals surface area contributed by atoms with E-state index in [4.69, 9.17) is 5.73 Å². The Kier molecular flexibility index (Phi) is 4.18. The highest BCUT2D eigenvalue weighted by Gasteiger charge is 2.13. The molecule has 0 amide bonds. The normalized spacial score (nSPS) is 11.8. The third-order valence-electron chi connectivity index (χ3n) is 2.29. The van der Waals surface area contributed by atoms with Gasteiger partial charge in [0.25, 0.3) is 0 Å². The van der Waals surface area contributed by atoms with Crippen LogP contribution in [-0.4, -0.2) is 20.8 Å². The third-order valence-corrected chi connectivity index (χ3v) is 2.29. The van der Waals surface area contributed by atoms with Crippen LogP contribution < -0.4 is 5.73 Å². The number of ketones is 1. The molecule has 0 unspecified atom stereocenters. The average molecular weight is 224 g/mol. The Balaban J connectivity index is 2.40. The van der Waals surface area contributed by atoms with E-state index in [0.717, 1.165) is 6.42 Å². The quantitative estimate of drug-likeness (QED) is 0.813. The van der Waals surface area contributed by atoms with Gasteiger partial charge in [0.15, 0.2) is 5.78 Å². The molecular weight excluding hydrogens is 204 g/mol. The third kappa shape index (κ3) is 4.53. The first-order valence-electron chi connectivity index (χ1n) is 5.51. The van der Waals surface area contributed by atoms with Crippen molar-refractivity contribution in [2.24, 2.45) is 11.1 Å². The summed E-state index contributed by atoms with van der Waals surface area (Å²) in [4.78, 5) is 11.6. The number of nitrogens with zero attached hydrogens (tertiary/aromatic N) is 3. The zero-order chi connectivity index (χ0) is 12.2. The van der Waals surface area contributed by atoms with E-state index in [1.807, 2.05) is 0 Å². The van der Waals surface area contributed by atoms with Crippen molar-refractivity contribution in [3.63, 3.8) is 0 Å². The van der Waals surface area contributed by atoms with E-state index in [0.29, 0.717) is 25.2 Å². The molecule has 0 radical (unpaired) electrons. The number of aromatic nitrogens is 3. The maximum Gasteiger partial charge on any atom is 0.154 e. The average Bonchev–Trinajstić information content (AvgIpc) is 2.61. The molecule has 5 heteroatoms. The van der Waals surface area contributed by atoms with Gasteiger partial charge < -0.3 is 5.73 Å². The molecule has 0 aromatic carbocycles. The Hall–Kier alpha value is -1.23. The first kappa shape index (κ1) is 12.8. The number of carbonyl (C=O) groups excluding carboxylic acids is 1. The molecule has 1 aromatic rings. The van der Waals surface area contributed by atoms with Gasteiger partial charge in [-0.25, -0.2) is 4.68 Å². The van der Waals surface area contributed by atoms with Crippen LogP contribution in [0, 0.1) is 5.41 Å². The molecule has 5 nitrogen and oxygen atoms in total. The van der Waals surface area contributed by atoms with E-state index >= 15 is 0 Å². The molecule has 0 spiro atoms. The highest BCUT2D eigenvalue weighted by Crippen LogP contribution is 2.20.